The smallest absolute Gasteiger partial charge is 0.253 e. The normalized spacial score (nSPS) is 12.2. The molecule has 0 spiro atoms. The van der Waals surface area contributed by atoms with Crippen LogP contribution in [0.2, 0.25) is 5.02 Å². The van der Waals surface area contributed by atoms with Gasteiger partial charge in [-0.15, -0.1) is 0 Å². The number of anilines is 1. The Hall–Kier alpha value is -1.26. The monoisotopic (exact) mass is 242 g/mol. The summed E-state index contributed by atoms with van der Waals surface area (Å²) in [6.45, 7) is 2.06. The molecule has 4 N–H and O–H groups in total. The minimum absolute atomic E-state index is 0.220. The van der Waals surface area contributed by atoms with Gasteiger partial charge in [-0.3, -0.25) is 4.79 Å². The molecule has 4 nitrogen and oxygen atoms in total. The topological polar surface area (TPSA) is 75.3 Å². The second kappa shape index (κ2) is 5.72. The lowest BCUT2D eigenvalue weighted by molar-refractivity contribution is 0.0915. The van der Waals surface area contributed by atoms with E-state index in [9.17, 15) is 9.90 Å². The van der Waals surface area contributed by atoms with E-state index < -0.39 is 6.10 Å². The van der Waals surface area contributed by atoms with E-state index in [1.165, 1.54) is 6.07 Å². The molecular formula is C11H15ClN2O2. The molecule has 88 valence electrons. The summed E-state index contributed by atoms with van der Waals surface area (Å²) in [4.78, 5) is 11.7. The molecule has 16 heavy (non-hydrogen) atoms. The van der Waals surface area contributed by atoms with Gasteiger partial charge in [0.1, 0.15) is 0 Å². The third kappa shape index (κ3) is 3.40. The lowest BCUT2D eigenvalue weighted by Gasteiger charge is -2.10. The highest BCUT2D eigenvalue weighted by Crippen LogP contribution is 2.17. The summed E-state index contributed by atoms with van der Waals surface area (Å²) in [5.41, 5.74) is 6.35. The van der Waals surface area contributed by atoms with Gasteiger partial charge in [0.05, 0.1) is 11.7 Å². The molecule has 1 atom stereocenters. The van der Waals surface area contributed by atoms with Crippen LogP contribution in [-0.4, -0.2) is 23.7 Å². The molecule has 0 aliphatic rings. The zero-order valence-electron chi connectivity index (χ0n) is 9.03. The Labute approximate surface area is 99.4 Å². The number of aliphatic hydroxyl groups is 1. The number of nitrogens with two attached hydrogens (primary N) is 1. The average Bonchev–Trinajstić information content (AvgIpc) is 2.25. The maximum atomic E-state index is 11.7. The molecule has 0 fully saturated rings. The minimum Gasteiger partial charge on any atom is -0.398 e. The molecule has 5 heteroatoms. The van der Waals surface area contributed by atoms with Crippen LogP contribution < -0.4 is 11.1 Å². The van der Waals surface area contributed by atoms with E-state index in [0.29, 0.717) is 22.7 Å². The Bertz CT molecular complexity index is 382. The van der Waals surface area contributed by atoms with Gasteiger partial charge in [0.15, 0.2) is 0 Å². The molecule has 0 aromatic heterocycles. The maximum Gasteiger partial charge on any atom is 0.253 e. The number of hydrogen-bond acceptors (Lipinski definition) is 3. The van der Waals surface area contributed by atoms with E-state index in [2.05, 4.69) is 5.32 Å². The predicted octanol–water partition coefficient (Wildman–Crippen LogP) is 1.42. The first-order chi connectivity index (χ1) is 7.54. The van der Waals surface area contributed by atoms with Crippen LogP contribution in [0.4, 0.5) is 5.69 Å². The fourth-order valence-corrected chi connectivity index (χ4v) is 1.37. The number of hydrogen-bond donors (Lipinski definition) is 3. The van der Waals surface area contributed by atoms with Crippen molar-refractivity contribution in [1.29, 1.82) is 0 Å². The van der Waals surface area contributed by atoms with E-state index in [4.69, 9.17) is 17.3 Å². The SMILES string of the molecule is CCC(O)CNC(=O)c1ccc(Cl)cc1N. The second-order valence-corrected chi connectivity index (χ2v) is 3.94. The number of nitrogen functional groups attached to an aromatic ring is 1. The highest BCUT2D eigenvalue weighted by Gasteiger charge is 2.10. The van der Waals surface area contributed by atoms with Crippen molar-refractivity contribution in [2.75, 3.05) is 12.3 Å². The van der Waals surface area contributed by atoms with Crippen LogP contribution in [0.5, 0.6) is 0 Å². The number of benzene rings is 1. The number of rotatable bonds is 4. The third-order valence-corrected chi connectivity index (χ3v) is 2.46. The Balaban J connectivity index is 2.66. The van der Waals surface area contributed by atoms with Crippen molar-refractivity contribution in [3.63, 3.8) is 0 Å². The zero-order valence-corrected chi connectivity index (χ0v) is 9.79. The van der Waals surface area contributed by atoms with Crippen molar-refractivity contribution in [2.24, 2.45) is 0 Å². The number of aliphatic hydroxyl groups excluding tert-OH is 1. The molecule has 1 aromatic rings. The number of nitrogens with one attached hydrogen (secondary N) is 1. The molecule has 1 amide bonds. The molecule has 0 aliphatic carbocycles. The van der Waals surface area contributed by atoms with Gasteiger partial charge in [-0.05, 0) is 24.6 Å². The fraction of sp³-hybridized carbons (Fsp3) is 0.364. The van der Waals surface area contributed by atoms with Crippen LogP contribution in [0.3, 0.4) is 0 Å². The van der Waals surface area contributed by atoms with Gasteiger partial charge in [-0.25, -0.2) is 0 Å². The first-order valence-electron chi connectivity index (χ1n) is 5.06. The van der Waals surface area contributed by atoms with E-state index >= 15 is 0 Å². The highest BCUT2D eigenvalue weighted by atomic mass is 35.5. The van der Waals surface area contributed by atoms with E-state index in [-0.39, 0.29) is 12.5 Å². The van der Waals surface area contributed by atoms with Crippen molar-refractivity contribution < 1.29 is 9.90 Å². The largest absolute Gasteiger partial charge is 0.398 e. The molecule has 0 saturated carbocycles. The molecule has 0 radical (unpaired) electrons. The standard InChI is InChI=1S/C11H15ClN2O2/c1-2-8(15)6-14-11(16)9-4-3-7(12)5-10(9)13/h3-5,8,15H,2,6,13H2,1H3,(H,14,16). The number of amides is 1. The number of carbonyl (C=O) groups excluding carboxylic acids is 1. The molecular weight excluding hydrogens is 228 g/mol. The lowest BCUT2D eigenvalue weighted by Crippen LogP contribution is -2.32. The van der Waals surface area contributed by atoms with Crippen LogP contribution in [0.1, 0.15) is 23.7 Å². The van der Waals surface area contributed by atoms with Crippen LogP contribution >= 0.6 is 11.6 Å². The van der Waals surface area contributed by atoms with Crippen molar-refractivity contribution >= 4 is 23.2 Å². The maximum absolute atomic E-state index is 11.7. The molecule has 0 aliphatic heterocycles. The van der Waals surface area contributed by atoms with Crippen molar-refractivity contribution in [3.8, 4) is 0 Å². The van der Waals surface area contributed by atoms with E-state index in [1.54, 1.807) is 12.1 Å². The zero-order chi connectivity index (χ0) is 12.1. The Kier molecular flexibility index (Phi) is 4.58. The fourth-order valence-electron chi connectivity index (χ4n) is 1.19. The quantitative estimate of drug-likeness (QED) is 0.699. The second-order valence-electron chi connectivity index (χ2n) is 3.50. The summed E-state index contributed by atoms with van der Waals surface area (Å²) in [5.74, 6) is -0.304. The number of carbonyl (C=O) groups is 1. The van der Waals surface area contributed by atoms with Crippen LogP contribution in [-0.2, 0) is 0 Å². The highest BCUT2D eigenvalue weighted by molar-refractivity contribution is 6.31. The summed E-state index contributed by atoms with van der Waals surface area (Å²) in [6, 6.07) is 4.68. The molecule has 0 saturated heterocycles. The Morgan fingerprint density at radius 1 is 1.62 bits per heavy atom. The van der Waals surface area contributed by atoms with Gasteiger partial charge >= 0.3 is 0 Å². The van der Waals surface area contributed by atoms with Gasteiger partial charge in [0, 0.05) is 17.3 Å². The first-order valence-corrected chi connectivity index (χ1v) is 5.43. The van der Waals surface area contributed by atoms with Gasteiger partial charge < -0.3 is 16.2 Å². The molecule has 0 heterocycles. The third-order valence-electron chi connectivity index (χ3n) is 2.23. The first kappa shape index (κ1) is 12.8. The molecule has 0 bridgehead atoms. The summed E-state index contributed by atoms with van der Waals surface area (Å²) < 4.78 is 0. The van der Waals surface area contributed by atoms with Crippen molar-refractivity contribution in [3.05, 3.63) is 28.8 Å². The van der Waals surface area contributed by atoms with Crippen molar-refractivity contribution in [2.45, 2.75) is 19.4 Å². The van der Waals surface area contributed by atoms with Gasteiger partial charge in [-0.2, -0.15) is 0 Å². The predicted molar refractivity (Wildman–Crippen MR) is 64.5 cm³/mol. The average molecular weight is 243 g/mol. The molecule has 1 aromatic carbocycles. The summed E-state index contributed by atoms with van der Waals surface area (Å²) in [5, 5.41) is 12.4. The summed E-state index contributed by atoms with van der Waals surface area (Å²) in [7, 11) is 0. The lowest BCUT2D eigenvalue weighted by atomic mass is 10.1. The summed E-state index contributed by atoms with van der Waals surface area (Å²) in [6.07, 6.45) is 0.0635. The van der Waals surface area contributed by atoms with Gasteiger partial charge in [0.25, 0.3) is 5.91 Å². The molecule has 1 unspecified atom stereocenters. The van der Waals surface area contributed by atoms with E-state index in [1.807, 2.05) is 6.92 Å². The summed E-state index contributed by atoms with van der Waals surface area (Å²) >= 11 is 5.72. The van der Waals surface area contributed by atoms with Crippen LogP contribution in [0.25, 0.3) is 0 Å². The Morgan fingerprint density at radius 2 is 2.31 bits per heavy atom. The van der Waals surface area contributed by atoms with Crippen LogP contribution in [0.15, 0.2) is 18.2 Å². The van der Waals surface area contributed by atoms with Crippen molar-refractivity contribution in [1.82, 2.24) is 5.32 Å². The number of halogens is 1. The minimum atomic E-state index is -0.530. The van der Waals surface area contributed by atoms with Gasteiger partial charge in [0.2, 0.25) is 0 Å². The Morgan fingerprint density at radius 3 is 2.88 bits per heavy atom. The van der Waals surface area contributed by atoms with Gasteiger partial charge in [-0.1, -0.05) is 18.5 Å². The molecule has 1 rings (SSSR count). The van der Waals surface area contributed by atoms with Crippen LogP contribution in [0, 0.1) is 0 Å². The van der Waals surface area contributed by atoms with E-state index in [0.717, 1.165) is 0 Å².